The van der Waals surface area contributed by atoms with Crippen LogP contribution in [0.25, 0.3) is 0 Å². The number of nitrogens with one attached hydrogen (secondary N) is 1. The average molecular weight is 328 g/mol. The van der Waals surface area contributed by atoms with E-state index in [0.29, 0.717) is 12.1 Å². The summed E-state index contributed by atoms with van der Waals surface area (Å²) in [6.07, 6.45) is 0.102. The third-order valence-corrected chi connectivity index (χ3v) is 4.08. The molecule has 1 N–H and O–H groups in total. The van der Waals surface area contributed by atoms with E-state index in [1.54, 1.807) is 12.1 Å². The van der Waals surface area contributed by atoms with Crippen LogP contribution in [0.2, 0.25) is 0 Å². The first-order chi connectivity index (χ1) is 8.84. The maximum Gasteiger partial charge on any atom is 0.251 e. The van der Waals surface area contributed by atoms with E-state index in [-0.39, 0.29) is 17.4 Å². The third kappa shape index (κ3) is 5.64. The van der Waals surface area contributed by atoms with Gasteiger partial charge in [-0.1, -0.05) is 35.8 Å². The second kappa shape index (κ2) is 6.94. The Morgan fingerprint density at radius 2 is 2.11 bits per heavy atom. The molecule has 0 aliphatic rings. The lowest BCUT2D eigenvalue weighted by Crippen LogP contribution is -2.34. The zero-order valence-corrected chi connectivity index (χ0v) is 13.6. The van der Waals surface area contributed by atoms with Gasteiger partial charge in [0.25, 0.3) is 5.91 Å². The van der Waals surface area contributed by atoms with Crippen LogP contribution in [0.15, 0.2) is 24.3 Å². The second-order valence-electron chi connectivity index (χ2n) is 5.67. The number of benzene rings is 1. The Hall–Kier alpha value is -1.03. The summed E-state index contributed by atoms with van der Waals surface area (Å²) in [5, 5.41) is 3.79. The van der Waals surface area contributed by atoms with Crippen LogP contribution in [0.1, 0.15) is 38.1 Å². The van der Waals surface area contributed by atoms with E-state index in [4.69, 9.17) is 4.74 Å². The topological polar surface area (TPSA) is 38.3 Å². The Kier molecular flexibility index (Phi) is 5.85. The van der Waals surface area contributed by atoms with Gasteiger partial charge in [-0.2, -0.15) is 0 Å². The summed E-state index contributed by atoms with van der Waals surface area (Å²) in [5.41, 5.74) is 0.672. The SMILES string of the molecule is CC(C)Oc1cccc(C(=O)NCC(C)(C)CBr)c1. The van der Waals surface area contributed by atoms with Gasteiger partial charge in [0.05, 0.1) is 6.10 Å². The molecule has 0 unspecified atom stereocenters. The summed E-state index contributed by atoms with van der Waals surface area (Å²) in [6.45, 7) is 8.75. The molecule has 1 aromatic carbocycles. The van der Waals surface area contributed by atoms with Crippen LogP contribution >= 0.6 is 15.9 Å². The minimum absolute atomic E-state index is 0.0434. The molecule has 0 heterocycles. The number of amides is 1. The number of halogens is 1. The van der Waals surface area contributed by atoms with Crippen LogP contribution in [0.3, 0.4) is 0 Å². The van der Waals surface area contributed by atoms with Crippen molar-refractivity contribution < 1.29 is 9.53 Å². The zero-order valence-electron chi connectivity index (χ0n) is 12.0. The van der Waals surface area contributed by atoms with Crippen molar-refractivity contribution in [3.05, 3.63) is 29.8 Å². The number of hydrogen-bond donors (Lipinski definition) is 1. The molecule has 0 radical (unpaired) electrons. The molecule has 0 fully saturated rings. The van der Waals surface area contributed by atoms with Crippen LogP contribution in [-0.4, -0.2) is 23.9 Å². The van der Waals surface area contributed by atoms with Gasteiger partial charge in [-0.3, -0.25) is 4.79 Å². The van der Waals surface area contributed by atoms with Crippen molar-refractivity contribution in [3.8, 4) is 5.75 Å². The fourth-order valence-corrected chi connectivity index (χ4v) is 1.65. The molecular formula is C15H22BrNO2. The maximum atomic E-state index is 12.1. The molecule has 0 aromatic heterocycles. The second-order valence-corrected chi connectivity index (χ2v) is 6.24. The quantitative estimate of drug-likeness (QED) is 0.810. The molecule has 1 amide bonds. The van der Waals surface area contributed by atoms with E-state index in [9.17, 15) is 4.79 Å². The van der Waals surface area contributed by atoms with Crippen molar-refractivity contribution in [1.82, 2.24) is 5.32 Å². The van der Waals surface area contributed by atoms with Crippen LogP contribution in [0.4, 0.5) is 0 Å². The van der Waals surface area contributed by atoms with Crippen LogP contribution < -0.4 is 10.1 Å². The molecule has 1 rings (SSSR count). The molecule has 4 heteroatoms. The molecule has 1 aromatic rings. The minimum Gasteiger partial charge on any atom is -0.491 e. The van der Waals surface area contributed by atoms with Gasteiger partial charge in [0.1, 0.15) is 5.75 Å². The van der Waals surface area contributed by atoms with Gasteiger partial charge >= 0.3 is 0 Å². The van der Waals surface area contributed by atoms with Crippen molar-refractivity contribution in [1.29, 1.82) is 0 Å². The number of rotatable bonds is 6. The first-order valence-electron chi connectivity index (χ1n) is 6.45. The molecule has 0 aliphatic carbocycles. The molecule has 19 heavy (non-hydrogen) atoms. The molecule has 0 saturated carbocycles. The van der Waals surface area contributed by atoms with Gasteiger partial charge in [-0.15, -0.1) is 0 Å². The molecule has 0 aliphatic heterocycles. The molecule has 106 valence electrons. The van der Waals surface area contributed by atoms with E-state index in [0.717, 1.165) is 11.1 Å². The lowest BCUT2D eigenvalue weighted by molar-refractivity contribution is 0.0939. The van der Waals surface area contributed by atoms with Crippen LogP contribution in [-0.2, 0) is 0 Å². The van der Waals surface area contributed by atoms with Crippen molar-refractivity contribution in [2.75, 3.05) is 11.9 Å². The first-order valence-corrected chi connectivity index (χ1v) is 7.57. The normalized spacial score (nSPS) is 11.5. The van der Waals surface area contributed by atoms with E-state index in [1.807, 2.05) is 26.0 Å². The number of ether oxygens (including phenoxy) is 1. The van der Waals surface area contributed by atoms with Gasteiger partial charge in [-0.25, -0.2) is 0 Å². The lowest BCUT2D eigenvalue weighted by atomic mass is 9.97. The Bertz CT molecular complexity index is 430. The average Bonchev–Trinajstić information content (AvgIpc) is 2.35. The number of carbonyl (C=O) groups excluding carboxylic acids is 1. The molecule has 0 bridgehead atoms. The molecule has 0 atom stereocenters. The fourth-order valence-electron chi connectivity index (χ4n) is 1.45. The number of alkyl halides is 1. The largest absolute Gasteiger partial charge is 0.491 e. The van der Waals surface area contributed by atoms with Crippen molar-refractivity contribution >= 4 is 21.8 Å². The summed E-state index contributed by atoms with van der Waals surface area (Å²) in [7, 11) is 0. The highest BCUT2D eigenvalue weighted by Crippen LogP contribution is 2.18. The van der Waals surface area contributed by atoms with Gasteiger partial charge in [0.2, 0.25) is 0 Å². The Balaban J connectivity index is 2.67. The third-order valence-electron chi connectivity index (χ3n) is 2.56. The summed E-state index contributed by atoms with van der Waals surface area (Å²) in [4.78, 5) is 12.1. The monoisotopic (exact) mass is 327 g/mol. The fraction of sp³-hybridized carbons (Fsp3) is 0.533. The van der Waals surface area contributed by atoms with E-state index >= 15 is 0 Å². The van der Waals surface area contributed by atoms with Gasteiger partial charge < -0.3 is 10.1 Å². The summed E-state index contributed by atoms with van der Waals surface area (Å²) in [6, 6.07) is 7.27. The highest BCUT2D eigenvalue weighted by atomic mass is 79.9. The smallest absolute Gasteiger partial charge is 0.251 e. The standard InChI is InChI=1S/C15H22BrNO2/c1-11(2)19-13-7-5-6-12(8-13)14(18)17-10-15(3,4)9-16/h5-8,11H,9-10H2,1-4H3,(H,17,18). The van der Waals surface area contributed by atoms with Crippen molar-refractivity contribution in [2.24, 2.45) is 5.41 Å². The highest BCUT2D eigenvalue weighted by molar-refractivity contribution is 9.09. The van der Waals surface area contributed by atoms with Gasteiger partial charge in [-0.05, 0) is 37.5 Å². The summed E-state index contributed by atoms with van der Waals surface area (Å²) < 4.78 is 5.58. The van der Waals surface area contributed by atoms with Crippen LogP contribution in [0, 0.1) is 5.41 Å². The first kappa shape index (κ1) is 16.0. The van der Waals surface area contributed by atoms with Gasteiger partial charge in [0.15, 0.2) is 0 Å². The number of carbonyl (C=O) groups is 1. The van der Waals surface area contributed by atoms with E-state index in [2.05, 4.69) is 35.1 Å². The maximum absolute atomic E-state index is 12.1. The molecule has 0 saturated heterocycles. The van der Waals surface area contributed by atoms with Crippen molar-refractivity contribution in [2.45, 2.75) is 33.8 Å². The predicted octanol–water partition coefficient (Wildman–Crippen LogP) is 3.62. The van der Waals surface area contributed by atoms with E-state index in [1.165, 1.54) is 0 Å². The molecule has 3 nitrogen and oxygen atoms in total. The zero-order chi connectivity index (χ0) is 14.5. The Morgan fingerprint density at radius 1 is 1.42 bits per heavy atom. The van der Waals surface area contributed by atoms with Gasteiger partial charge in [0, 0.05) is 17.4 Å². The highest BCUT2D eigenvalue weighted by Gasteiger charge is 2.17. The van der Waals surface area contributed by atoms with E-state index < -0.39 is 0 Å². The Morgan fingerprint density at radius 3 is 2.68 bits per heavy atom. The lowest BCUT2D eigenvalue weighted by Gasteiger charge is -2.22. The number of hydrogen-bond acceptors (Lipinski definition) is 2. The molecular weight excluding hydrogens is 306 g/mol. The van der Waals surface area contributed by atoms with Crippen molar-refractivity contribution in [3.63, 3.8) is 0 Å². The summed E-state index contributed by atoms with van der Waals surface area (Å²) >= 11 is 3.44. The predicted molar refractivity (Wildman–Crippen MR) is 82.1 cm³/mol. The molecule has 0 spiro atoms. The Labute approximate surface area is 123 Å². The minimum atomic E-state index is -0.0665. The van der Waals surface area contributed by atoms with Crippen LogP contribution in [0.5, 0.6) is 5.75 Å². The summed E-state index contributed by atoms with van der Waals surface area (Å²) in [5.74, 6) is 0.658.